The van der Waals surface area contributed by atoms with Crippen LogP contribution < -0.4 is 15.0 Å². The summed E-state index contributed by atoms with van der Waals surface area (Å²) < 4.78 is 11.5. The number of aromatic amines is 1. The van der Waals surface area contributed by atoms with E-state index in [0.29, 0.717) is 33.8 Å². The van der Waals surface area contributed by atoms with Crippen molar-refractivity contribution >= 4 is 33.5 Å². The molecule has 0 atom stereocenters. The minimum Gasteiger partial charge on any atom is -0.497 e. The summed E-state index contributed by atoms with van der Waals surface area (Å²) in [5.74, 6) is 1.74. The second-order valence-corrected chi connectivity index (χ2v) is 5.89. The highest BCUT2D eigenvalue weighted by molar-refractivity contribution is 14.1. The smallest absolute Gasteiger partial charge is 0.259 e. The molecule has 0 radical (unpaired) electrons. The molecule has 0 saturated carbocycles. The van der Waals surface area contributed by atoms with E-state index < -0.39 is 0 Å². The van der Waals surface area contributed by atoms with Gasteiger partial charge in [0.25, 0.3) is 5.56 Å². The Hall–Kier alpha value is -2.09. The van der Waals surface area contributed by atoms with Crippen molar-refractivity contribution in [2.24, 2.45) is 0 Å². The van der Waals surface area contributed by atoms with Gasteiger partial charge in [0.15, 0.2) is 0 Å². The fourth-order valence-corrected chi connectivity index (χ4v) is 2.72. The van der Waals surface area contributed by atoms with Crippen LogP contribution in [0, 0.1) is 3.57 Å². The third-order valence-electron chi connectivity index (χ3n) is 3.33. The number of hydrogen-bond donors (Lipinski definition) is 1. The Kier molecular flexibility index (Phi) is 4.02. The van der Waals surface area contributed by atoms with Crippen molar-refractivity contribution in [2.75, 3.05) is 14.2 Å². The maximum atomic E-state index is 12.3. The molecular formula is C16H13IN2O3. The van der Waals surface area contributed by atoms with Crippen molar-refractivity contribution in [3.63, 3.8) is 0 Å². The number of rotatable bonds is 3. The van der Waals surface area contributed by atoms with Gasteiger partial charge in [0, 0.05) is 9.64 Å². The highest BCUT2D eigenvalue weighted by Crippen LogP contribution is 2.31. The molecular weight excluding hydrogens is 395 g/mol. The van der Waals surface area contributed by atoms with Crippen molar-refractivity contribution in [3.05, 3.63) is 50.3 Å². The summed E-state index contributed by atoms with van der Waals surface area (Å²) in [5, 5.41) is 0.572. The Bertz CT molecular complexity index is 906. The van der Waals surface area contributed by atoms with Crippen molar-refractivity contribution in [1.29, 1.82) is 0 Å². The summed E-state index contributed by atoms with van der Waals surface area (Å²) in [5.41, 5.74) is 1.19. The van der Waals surface area contributed by atoms with E-state index in [1.807, 2.05) is 24.3 Å². The molecule has 0 aliphatic rings. The first-order valence-electron chi connectivity index (χ1n) is 6.54. The number of nitrogens with zero attached hydrogens (tertiary/aromatic N) is 1. The van der Waals surface area contributed by atoms with Gasteiger partial charge in [-0.3, -0.25) is 4.79 Å². The van der Waals surface area contributed by atoms with Crippen molar-refractivity contribution in [3.8, 4) is 22.9 Å². The number of halogens is 1. The largest absolute Gasteiger partial charge is 0.497 e. The minimum atomic E-state index is -0.170. The van der Waals surface area contributed by atoms with Crippen LogP contribution in [-0.4, -0.2) is 24.2 Å². The molecule has 1 N–H and O–H groups in total. The van der Waals surface area contributed by atoms with E-state index in [-0.39, 0.29) is 5.56 Å². The topological polar surface area (TPSA) is 64.2 Å². The lowest BCUT2D eigenvalue weighted by molar-refractivity contribution is 0.395. The van der Waals surface area contributed by atoms with Crippen LogP contribution in [-0.2, 0) is 0 Å². The zero-order chi connectivity index (χ0) is 15.7. The zero-order valence-electron chi connectivity index (χ0n) is 12.0. The summed E-state index contributed by atoms with van der Waals surface area (Å²) in [6.07, 6.45) is 0. The fourth-order valence-electron chi connectivity index (χ4n) is 2.23. The van der Waals surface area contributed by atoms with Gasteiger partial charge in [-0.15, -0.1) is 0 Å². The monoisotopic (exact) mass is 408 g/mol. The first-order valence-corrected chi connectivity index (χ1v) is 7.62. The van der Waals surface area contributed by atoms with E-state index in [1.165, 1.54) is 0 Å². The van der Waals surface area contributed by atoms with Crippen LogP contribution in [0.5, 0.6) is 11.5 Å². The Morgan fingerprint density at radius 2 is 1.91 bits per heavy atom. The SMILES string of the molecule is COc1ccc(-c2nc3ccc(I)cc3c(=O)[nH]2)c(OC)c1. The number of aromatic nitrogens is 2. The van der Waals surface area contributed by atoms with E-state index in [1.54, 1.807) is 26.4 Å². The second-order valence-electron chi connectivity index (χ2n) is 4.64. The first kappa shape index (κ1) is 14.8. The number of ether oxygens (including phenoxy) is 2. The third kappa shape index (κ3) is 2.66. The second kappa shape index (κ2) is 5.96. The molecule has 0 unspecified atom stereocenters. The molecule has 3 rings (SSSR count). The predicted molar refractivity (Wildman–Crippen MR) is 93.6 cm³/mol. The van der Waals surface area contributed by atoms with Gasteiger partial charge in [0.05, 0.1) is 30.7 Å². The molecule has 0 amide bonds. The number of nitrogens with one attached hydrogen (secondary N) is 1. The lowest BCUT2D eigenvalue weighted by atomic mass is 10.1. The van der Waals surface area contributed by atoms with E-state index in [2.05, 4.69) is 32.6 Å². The maximum Gasteiger partial charge on any atom is 0.259 e. The maximum absolute atomic E-state index is 12.3. The van der Waals surface area contributed by atoms with Gasteiger partial charge in [0.2, 0.25) is 0 Å². The first-order chi connectivity index (χ1) is 10.6. The highest BCUT2D eigenvalue weighted by Gasteiger charge is 2.12. The van der Waals surface area contributed by atoms with E-state index in [4.69, 9.17) is 9.47 Å². The standard InChI is InChI=1S/C16H13IN2O3/c1-21-10-4-5-11(14(8-10)22-2)15-18-13-6-3-9(17)7-12(13)16(20)19-15/h3-8H,1-2H3,(H,18,19,20). The molecule has 0 fully saturated rings. The average molecular weight is 408 g/mol. The van der Waals surface area contributed by atoms with Crippen molar-refractivity contribution in [2.45, 2.75) is 0 Å². The molecule has 22 heavy (non-hydrogen) atoms. The van der Waals surface area contributed by atoms with Gasteiger partial charge in [-0.1, -0.05) is 0 Å². The quantitative estimate of drug-likeness (QED) is 0.677. The van der Waals surface area contributed by atoms with Gasteiger partial charge < -0.3 is 14.5 Å². The number of hydrogen-bond acceptors (Lipinski definition) is 4. The molecule has 0 spiro atoms. The molecule has 0 saturated heterocycles. The Labute approximate surface area is 140 Å². The highest BCUT2D eigenvalue weighted by atomic mass is 127. The summed E-state index contributed by atoms with van der Waals surface area (Å²) in [6, 6.07) is 10.9. The molecule has 3 aromatic rings. The molecule has 5 nitrogen and oxygen atoms in total. The van der Waals surface area contributed by atoms with Crippen LogP contribution in [0.3, 0.4) is 0 Å². The molecule has 112 valence electrons. The molecule has 0 bridgehead atoms. The Morgan fingerprint density at radius 3 is 2.64 bits per heavy atom. The number of methoxy groups -OCH3 is 2. The molecule has 1 aromatic heterocycles. The predicted octanol–water partition coefficient (Wildman–Crippen LogP) is 3.21. The van der Waals surface area contributed by atoms with Crippen LogP contribution in [0.1, 0.15) is 0 Å². The zero-order valence-corrected chi connectivity index (χ0v) is 14.2. The lowest BCUT2D eigenvalue weighted by Gasteiger charge is -2.10. The summed E-state index contributed by atoms with van der Waals surface area (Å²) in [7, 11) is 3.16. The Balaban J connectivity index is 2.22. The van der Waals surface area contributed by atoms with E-state index >= 15 is 0 Å². The summed E-state index contributed by atoms with van der Waals surface area (Å²) >= 11 is 2.17. The van der Waals surface area contributed by atoms with Gasteiger partial charge in [-0.05, 0) is 52.9 Å². The van der Waals surface area contributed by atoms with Gasteiger partial charge in [-0.25, -0.2) is 4.98 Å². The van der Waals surface area contributed by atoms with Crippen LogP contribution in [0.2, 0.25) is 0 Å². The van der Waals surface area contributed by atoms with Crippen LogP contribution >= 0.6 is 22.6 Å². The number of fused-ring (bicyclic) bond motifs is 1. The van der Waals surface area contributed by atoms with E-state index in [0.717, 1.165) is 3.57 Å². The van der Waals surface area contributed by atoms with Crippen LogP contribution in [0.4, 0.5) is 0 Å². The van der Waals surface area contributed by atoms with E-state index in [9.17, 15) is 4.79 Å². The van der Waals surface area contributed by atoms with Crippen molar-refractivity contribution < 1.29 is 9.47 Å². The number of H-pyrrole nitrogens is 1. The molecule has 0 aliphatic heterocycles. The summed E-state index contributed by atoms with van der Waals surface area (Å²) in [4.78, 5) is 19.6. The van der Waals surface area contributed by atoms with Crippen LogP contribution in [0.25, 0.3) is 22.3 Å². The third-order valence-corrected chi connectivity index (χ3v) is 4.00. The average Bonchev–Trinajstić information content (AvgIpc) is 2.54. The summed E-state index contributed by atoms with van der Waals surface area (Å²) in [6.45, 7) is 0. The van der Waals surface area contributed by atoms with Crippen LogP contribution in [0.15, 0.2) is 41.2 Å². The minimum absolute atomic E-state index is 0.170. The molecule has 2 aromatic carbocycles. The fraction of sp³-hybridized carbons (Fsp3) is 0.125. The van der Waals surface area contributed by atoms with Gasteiger partial charge in [0.1, 0.15) is 17.3 Å². The molecule has 6 heteroatoms. The molecule has 0 aliphatic carbocycles. The molecule has 1 heterocycles. The Morgan fingerprint density at radius 1 is 1.09 bits per heavy atom. The lowest BCUT2D eigenvalue weighted by Crippen LogP contribution is -2.10. The van der Waals surface area contributed by atoms with Crippen molar-refractivity contribution in [1.82, 2.24) is 9.97 Å². The normalized spacial score (nSPS) is 10.7. The van der Waals surface area contributed by atoms with Gasteiger partial charge in [-0.2, -0.15) is 0 Å². The van der Waals surface area contributed by atoms with Gasteiger partial charge >= 0.3 is 0 Å². The number of benzene rings is 2.